The predicted molar refractivity (Wildman–Crippen MR) is 95.1 cm³/mol. The van der Waals surface area contributed by atoms with Crippen LogP contribution in [0.2, 0.25) is 0 Å². The van der Waals surface area contributed by atoms with Crippen LogP contribution in [0, 0.1) is 19.8 Å². The third-order valence-corrected chi connectivity index (χ3v) is 5.30. The van der Waals surface area contributed by atoms with Crippen molar-refractivity contribution >= 4 is 12.2 Å². The van der Waals surface area contributed by atoms with Gasteiger partial charge < -0.3 is 0 Å². The summed E-state index contributed by atoms with van der Waals surface area (Å²) in [4.78, 5) is 0. The summed E-state index contributed by atoms with van der Waals surface area (Å²) < 4.78 is 0. The zero-order valence-corrected chi connectivity index (χ0v) is 13.5. The zero-order valence-electron chi connectivity index (χ0n) is 13.5. The summed E-state index contributed by atoms with van der Waals surface area (Å²) >= 11 is 0. The number of allylic oxidation sites excluding steroid dienone is 2. The van der Waals surface area contributed by atoms with Gasteiger partial charge in [0.25, 0.3) is 0 Å². The molecule has 22 heavy (non-hydrogen) atoms. The smallest absolute Gasteiger partial charge is 0.00617 e. The first-order chi connectivity index (χ1) is 10.6. The van der Waals surface area contributed by atoms with Gasteiger partial charge in [0.1, 0.15) is 0 Å². The summed E-state index contributed by atoms with van der Waals surface area (Å²) in [5, 5.41) is 0. The molecule has 0 bridgehead atoms. The third-order valence-electron chi connectivity index (χ3n) is 5.30. The van der Waals surface area contributed by atoms with E-state index >= 15 is 0 Å². The van der Waals surface area contributed by atoms with Crippen molar-refractivity contribution < 1.29 is 0 Å². The van der Waals surface area contributed by atoms with E-state index in [-0.39, 0.29) is 0 Å². The van der Waals surface area contributed by atoms with Gasteiger partial charge in [-0.05, 0) is 42.0 Å². The second-order valence-electron chi connectivity index (χ2n) is 6.89. The van der Waals surface area contributed by atoms with Crippen LogP contribution in [0.5, 0.6) is 0 Å². The molecule has 110 valence electrons. The van der Waals surface area contributed by atoms with Crippen LogP contribution in [0.3, 0.4) is 0 Å². The second kappa shape index (κ2) is 4.98. The molecule has 0 fully saturated rings. The lowest BCUT2D eigenvalue weighted by Gasteiger charge is -2.26. The van der Waals surface area contributed by atoms with Crippen molar-refractivity contribution in [2.45, 2.75) is 32.6 Å². The second-order valence-corrected chi connectivity index (χ2v) is 6.89. The van der Waals surface area contributed by atoms with E-state index in [1.807, 2.05) is 0 Å². The van der Waals surface area contributed by atoms with Crippen LogP contribution in [0.25, 0.3) is 12.2 Å². The largest absolute Gasteiger partial charge is 0.0761 e. The fourth-order valence-electron chi connectivity index (χ4n) is 4.05. The van der Waals surface area contributed by atoms with Crippen molar-refractivity contribution in [2.75, 3.05) is 0 Å². The number of aryl methyl sites for hydroxylation is 2. The first-order valence-electron chi connectivity index (χ1n) is 8.21. The van der Waals surface area contributed by atoms with Gasteiger partial charge in [0.15, 0.2) is 0 Å². The summed E-state index contributed by atoms with van der Waals surface area (Å²) in [6, 6.07) is 13.7. The molecule has 0 spiro atoms. The minimum atomic E-state index is 0.525. The van der Waals surface area contributed by atoms with E-state index in [1.54, 1.807) is 0 Å². The molecule has 0 heterocycles. The molecule has 0 nitrogen and oxygen atoms in total. The molecular formula is C22H22. The number of fused-ring (bicyclic) bond motifs is 2. The quantitative estimate of drug-likeness (QED) is 0.648. The number of benzene rings is 2. The van der Waals surface area contributed by atoms with Crippen molar-refractivity contribution in [3.8, 4) is 0 Å². The van der Waals surface area contributed by atoms with Crippen LogP contribution in [0.15, 0.2) is 48.6 Å². The SMILES string of the molecule is Cc1ccc2c(c1)C=CC2C(C)C1C=Cc2cc(C)ccc21. The minimum absolute atomic E-state index is 0.525. The number of hydrogen-bond acceptors (Lipinski definition) is 0. The maximum Gasteiger partial charge on any atom is 0.00617 e. The molecule has 0 aromatic heterocycles. The highest BCUT2D eigenvalue weighted by molar-refractivity contribution is 5.66. The van der Waals surface area contributed by atoms with Crippen LogP contribution in [-0.4, -0.2) is 0 Å². The Bertz CT molecular complexity index is 724. The Hall–Kier alpha value is -2.08. The van der Waals surface area contributed by atoms with Gasteiger partial charge in [0.2, 0.25) is 0 Å². The molecular weight excluding hydrogens is 264 g/mol. The van der Waals surface area contributed by atoms with Crippen molar-refractivity contribution in [3.63, 3.8) is 0 Å². The molecule has 2 atom stereocenters. The first-order valence-corrected chi connectivity index (χ1v) is 8.21. The van der Waals surface area contributed by atoms with Gasteiger partial charge in [-0.25, -0.2) is 0 Å². The molecule has 0 saturated heterocycles. The maximum absolute atomic E-state index is 2.40. The monoisotopic (exact) mass is 286 g/mol. The van der Waals surface area contributed by atoms with Gasteiger partial charge in [-0.3, -0.25) is 0 Å². The van der Waals surface area contributed by atoms with Gasteiger partial charge in [0, 0.05) is 11.8 Å². The first kappa shape index (κ1) is 13.6. The molecule has 2 aliphatic carbocycles. The molecule has 4 rings (SSSR count). The Balaban J connectivity index is 1.67. The summed E-state index contributed by atoms with van der Waals surface area (Å²) in [6.07, 6.45) is 9.40. The maximum atomic E-state index is 2.40. The van der Waals surface area contributed by atoms with Gasteiger partial charge in [-0.1, -0.05) is 78.8 Å². The van der Waals surface area contributed by atoms with E-state index in [2.05, 4.69) is 81.5 Å². The Labute approximate surface area is 133 Å². The standard InChI is InChI=1S/C22H22/c1-14-4-8-21-17(12-14)6-10-19(21)16(3)20-11-7-18-13-15(2)5-9-22(18)20/h4-13,16,19-20H,1-3H3. The number of rotatable bonds is 2. The molecule has 0 saturated carbocycles. The van der Waals surface area contributed by atoms with Gasteiger partial charge >= 0.3 is 0 Å². The van der Waals surface area contributed by atoms with Crippen LogP contribution in [-0.2, 0) is 0 Å². The van der Waals surface area contributed by atoms with Crippen LogP contribution < -0.4 is 0 Å². The van der Waals surface area contributed by atoms with E-state index in [4.69, 9.17) is 0 Å². The molecule has 0 radical (unpaired) electrons. The lowest BCUT2D eigenvalue weighted by atomic mass is 9.78. The van der Waals surface area contributed by atoms with E-state index < -0.39 is 0 Å². The third kappa shape index (κ3) is 2.06. The Morgan fingerprint density at radius 1 is 0.727 bits per heavy atom. The fraction of sp³-hybridized carbons (Fsp3) is 0.273. The average Bonchev–Trinajstić information content (AvgIpc) is 3.09. The number of hydrogen-bond donors (Lipinski definition) is 0. The molecule has 0 heteroatoms. The summed E-state index contributed by atoms with van der Waals surface area (Å²) in [7, 11) is 0. The highest BCUT2D eigenvalue weighted by Crippen LogP contribution is 2.45. The molecule has 2 unspecified atom stereocenters. The van der Waals surface area contributed by atoms with Crippen LogP contribution in [0.1, 0.15) is 52.1 Å². The van der Waals surface area contributed by atoms with E-state index in [9.17, 15) is 0 Å². The molecule has 2 aromatic carbocycles. The lowest BCUT2D eigenvalue weighted by molar-refractivity contribution is 0.482. The Morgan fingerprint density at radius 3 is 1.64 bits per heavy atom. The van der Waals surface area contributed by atoms with Crippen LogP contribution in [0.4, 0.5) is 0 Å². The van der Waals surface area contributed by atoms with E-state index in [0.717, 1.165) is 0 Å². The predicted octanol–water partition coefficient (Wildman–Crippen LogP) is 5.86. The average molecular weight is 286 g/mol. The van der Waals surface area contributed by atoms with E-state index in [1.165, 1.54) is 33.4 Å². The van der Waals surface area contributed by atoms with Gasteiger partial charge in [-0.2, -0.15) is 0 Å². The van der Waals surface area contributed by atoms with Crippen LogP contribution >= 0.6 is 0 Å². The summed E-state index contributed by atoms with van der Waals surface area (Å²) in [5.41, 5.74) is 8.49. The summed E-state index contributed by atoms with van der Waals surface area (Å²) in [5.74, 6) is 1.63. The van der Waals surface area contributed by atoms with Gasteiger partial charge in [0.05, 0.1) is 0 Å². The molecule has 0 N–H and O–H groups in total. The minimum Gasteiger partial charge on any atom is -0.0761 e. The lowest BCUT2D eigenvalue weighted by Crippen LogP contribution is -2.14. The molecule has 2 aromatic rings. The Morgan fingerprint density at radius 2 is 1.18 bits per heavy atom. The van der Waals surface area contributed by atoms with E-state index in [0.29, 0.717) is 17.8 Å². The zero-order chi connectivity index (χ0) is 15.3. The fourth-order valence-corrected chi connectivity index (χ4v) is 4.05. The van der Waals surface area contributed by atoms with Gasteiger partial charge in [-0.15, -0.1) is 0 Å². The van der Waals surface area contributed by atoms with Crippen molar-refractivity contribution in [1.82, 2.24) is 0 Å². The highest BCUT2D eigenvalue weighted by Gasteiger charge is 2.31. The van der Waals surface area contributed by atoms with Crippen molar-refractivity contribution in [1.29, 1.82) is 0 Å². The normalized spacial score (nSPS) is 22.7. The molecule has 0 aliphatic heterocycles. The summed E-state index contributed by atoms with van der Waals surface area (Å²) in [6.45, 7) is 6.74. The van der Waals surface area contributed by atoms with Crippen molar-refractivity contribution in [3.05, 3.63) is 81.9 Å². The highest BCUT2D eigenvalue weighted by atomic mass is 14.3. The molecule has 2 aliphatic rings. The molecule has 0 amide bonds. The Kier molecular flexibility index (Phi) is 3.07. The van der Waals surface area contributed by atoms with Crippen molar-refractivity contribution in [2.24, 2.45) is 5.92 Å². The topological polar surface area (TPSA) is 0 Å².